The number of hydrogen-bond donors (Lipinski definition) is 2. The van der Waals surface area contributed by atoms with Crippen LogP contribution in [0, 0.1) is 0 Å². The van der Waals surface area contributed by atoms with E-state index in [1.807, 2.05) is 24.3 Å². The summed E-state index contributed by atoms with van der Waals surface area (Å²) in [6, 6.07) is 7.93. The first-order valence-corrected chi connectivity index (χ1v) is 5.77. The fraction of sp³-hybridized carbons (Fsp3) is 0.308. The van der Waals surface area contributed by atoms with Crippen molar-refractivity contribution in [3.8, 4) is 16.9 Å². The molecule has 0 amide bonds. The van der Waals surface area contributed by atoms with E-state index in [-0.39, 0.29) is 0 Å². The van der Waals surface area contributed by atoms with Crippen LogP contribution in [0.1, 0.15) is 24.5 Å². The number of nitrogens with zero attached hydrogens (tertiary/aromatic N) is 1. The van der Waals surface area contributed by atoms with Gasteiger partial charge in [-0.15, -0.1) is 0 Å². The second-order valence-corrected chi connectivity index (χ2v) is 4.40. The number of nitrogens with two attached hydrogens (primary N) is 1. The molecule has 1 aliphatic carbocycles. The van der Waals surface area contributed by atoms with E-state index in [0.717, 1.165) is 16.9 Å². The normalized spacial score (nSPS) is 14.9. The molecular formula is C13H15N3O. The van der Waals surface area contributed by atoms with Crippen molar-refractivity contribution in [1.29, 1.82) is 0 Å². The number of ether oxygens (including phenoxy) is 1. The number of nitrogen functional groups attached to an aromatic ring is 1. The Hall–Kier alpha value is -1.97. The summed E-state index contributed by atoms with van der Waals surface area (Å²) in [6.07, 6.45) is 2.45. The smallest absolute Gasteiger partial charge is 0.153 e. The van der Waals surface area contributed by atoms with Crippen LogP contribution in [0.3, 0.4) is 0 Å². The number of H-pyrrole nitrogens is 1. The molecule has 1 aliphatic rings. The van der Waals surface area contributed by atoms with Gasteiger partial charge in [-0.25, -0.2) is 0 Å². The zero-order valence-electron chi connectivity index (χ0n) is 9.73. The van der Waals surface area contributed by atoms with Gasteiger partial charge >= 0.3 is 0 Å². The van der Waals surface area contributed by atoms with Crippen molar-refractivity contribution in [2.24, 2.45) is 0 Å². The number of anilines is 1. The molecule has 0 saturated heterocycles. The molecule has 2 aromatic rings. The molecule has 4 nitrogen and oxygen atoms in total. The first kappa shape index (κ1) is 10.2. The number of aromatic nitrogens is 2. The van der Waals surface area contributed by atoms with Gasteiger partial charge in [0, 0.05) is 17.2 Å². The first-order chi connectivity index (χ1) is 8.29. The Morgan fingerprint density at radius 2 is 2.00 bits per heavy atom. The molecule has 0 bridgehead atoms. The summed E-state index contributed by atoms with van der Waals surface area (Å²) in [4.78, 5) is 0. The predicted molar refractivity (Wildman–Crippen MR) is 67.0 cm³/mol. The highest BCUT2D eigenvalue weighted by atomic mass is 16.5. The molecule has 1 aromatic heterocycles. The van der Waals surface area contributed by atoms with E-state index in [1.165, 1.54) is 18.5 Å². The van der Waals surface area contributed by atoms with Crippen LogP contribution in [-0.4, -0.2) is 17.3 Å². The van der Waals surface area contributed by atoms with Crippen molar-refractivity contribution in [3.05, 3.63) is 30.0 Å². The molecule has 0 spiro atoms. The van der Waals surface area contributed by atoms with Gasteiger partial charge in [0.25, 0.3) is 0 Å². The van der Waals surface area contributed by atoms with E-state index in [1.54, 1.807) is 7.11 Å². The van der Waals surface area contributed by atoms with Gasteiger partial charge in [-0.1, -0.05) is 12.1 Å². The van der Waals surface area contributed by atoms with Crippen LogP contribution in [0.25, 0.3) is 11.1 Å². The second kappa shape index (κ2) is 3.80. The maximum atomic E-state index is 5.94. The number of nitrogens with one attached hydrogen (secondary N) is 1. The van der Waals surface area contributed by atoms with E-state index in [2.05, 4.69) is 10.2 Å². The minimum atomic E-state index is 0.581. The van der Waals surface area contributed by atoms with Crippen LogP contribution < -0.4 is 10.5 Å². The first-order valence-electron chi connectivity index (χ1n) is 5.77. The monoisotopic (exact) mass is 229 g/mol. The summed E-state index contributed by atoms with van der Waals surface area (Å²) >= 11 is 0. The van der Waals surface area contributed by atoms with Gasteiger partial charge in [-0.05, 0) is 30.5 Å². The maximum Gasteiger partial charge on any atom is 0.153 e. The average molecular weight is 229 g/mol. The van der Waals surface area contributed by atoms with E-state index in [0.29, 0.717) is 11.7 Å². The van der Waals surface area contributed by atoms with Gasteiger partial charge in [0.05, 0.1) is 7.11 Å². The molecule has 1 saturated carbocycles. The molecule has 0 unspecified atom stereocenters. The van der Waals surface area contributed by atoms with Crippen LogP contribution in [-0.2, 0) is 0 Å². The summed E-state index contributed by atoms with van der Waals surface area (Å²) in [5.74, 6) is 2.04. The van der Waals surface area contributed by atoms with Crippen LogP contribution >= 0.6 is 0 Å². The third-order valence-electron chi connectivity index (χ3n) is 3.19. The molecule has 0 aliphatic heterocycles. The van der Waals surface area contributed by atoms with Gasteiger partial charge in [0.15, 0.2) is 5.82 Å². The highest BCUT2D eigenvalue weighted by Crippen LogP contribution is 2.45. The Labute approximate surface area is 99.8 Å². The highest BCUT2D eigenvalue weighted by Gasteiger charge is 2.29. The van der Waals surface area contributed by atoms with Gasteiger partial charge < -0.3 is 10.5 Å². The largest absolute Gasteiger partial charge is 0.497 e. The zero-order chi connectivity index (χ0) is 11.8. The number of hydrogen-bond acceptors (Lipinski definition) is 3. The average Bonchev–Trinajstić information content (AvgIpc) is 3.13. The van der Waals surface area contributed by atoms with Crippen LogP contribution in [0.2, 0.25) is 0 Å². The van der Waals surface area contributed by atoms with Crippen molar-refractivity contribution in [1.82, 2.24) is 10.2 Å². The van der Waals surface area contributed by atoms with Gasteiger partial charge in [-0.2, -0.15) is 5.10 Å². The Balaban J connectivity index is 2.04. The Morgan fingerprint density at radius 1 is 1.29 bits per heavy atom. The molecule has 0 radical (unpaired) electrons. The van der Waals surface area contributed by atoms with Crippen LogP contribution in [0.4, 0.5) is 5.82 Å². The number of rotatable bonds is 3. The number of methoxy groups -OCH3 is 1. The van der Waals surface area contributed by atoms with E-state index in [4.69, 9.17) is 10.5 Å². The lowest BCUT2D eigenvalue weighted by molar-refractivity contribution is 0.415. The summed E-state index contributed by atoms with van der Waals surface area (Å²) < 4.78 is 5.15. The minimum Gasteiger partial charge on any atom is -0.497 e. The topological polar surface area (TPSA) is 63.9 Å². The molecule has 0 atom stereocenters. The molecular weight excluding hydrogens is 214 g/mol. The Morgan fingerprint density at radius 3 is 2.59 bits per heavy atom. The Kier molecular flexibility index (Phi) is 2.28. The predicted octanol–water partition coefficient (Wildman–Crippen LogP) is 2.54. The van der Waals surface area contributed by atoms with E-state index in [9.17, 15) is 0 Å². The van der Waals surface area contributed by atoms with E-state index >= 15 is 0 Å². The molecule has 4 heteroatoms. The molecule has 88 valence electrons. The standard InChI is InChI=1S/C13H15N3O/c1-17-10-6-4-8(5-7-10)11-12(9-2-3-9)15-16-13(11)14/h4-7,9H,2-3H2,1H3,(H3,14,15,16). The van der Waals surface area contributed by atoms with Crippen molar-refractivity contribution in [3.63, 3.8) is 0 Å². The summed E-state index contributed by atoms with van der Waals surface area (Å²) in [6.45, 7) is 0. The van der Waals surface area contributed by atoms with Gasteiger partial charge in [0.1, 0.15) is 5.75 Å². The molecule has 3 rings (SSSR count). The van der Waals surface area contributed by atoms with Crippen molar-refractivity contribution in [2.75, 3.05) is 12.8 Å². The fourth-order valence-corrected chi connectivity index (χ4v) is 2.10. The summed E-state index contributed by atoms with van der Waals surface area (Å²) in [7, 11) is 1.66. The number of benzene rings is 1. The van der Waals surface area contributed by atoms with Crippen molar-refractivity contribution >= 4 is 5.82 Å². The molecule has 17 heavy (non-hydrogen) atoms. The molecule has 1 heterocycles. The van der Waals surface area contributed by atoms with Crippen LogP contribution in [0.15, 0.2) is 24.3 Å². The Bertz CT molecular complexity index is 526. The van der Waals surface area contributed by atoms with Crippen molar-refractivity contribution in [2.45, 2.75) is 18.8 Å². The quantitative estimate of drug-likeness (QED) is 0.850. The maximum absolute atomic E-state index is 5.94. The lowest BCUT2D eigenvalue weighted by atomic mass is 10.0. The summed E-state index contributed by atoms with van der Waals surface area (Å²) in [5, 5.41) is 7.18. The zero-order valence-corrected chi connectivity index (χ0v) is 9.73. The van der Waals surface area contributed by atoms with Gasteiger partial charge in [0.2, 0.25) is 0 Å². The number of aromatic amines is 1. The van der Waals surface area contributed by atoms with Gasteiger partial charge in [-0.3, -0.25) is 5.10 Å². The van der Waals surface area contributed by atoms with E-state index < -0.39 is 0 Å². The van der Waals surface area contributed by atoms with Crippen LogP contribution in [0.5, 0.6) is 5.75 Å². The minimum absolute atomic E-state index is 0.581. The summed E-state index contributed by atoms with van der Waals surface area (Å²) in [5.41, 5.74) is 9.26. The lowest BCUT2D eigenvalue weighted by Crippen LogP contribution is -1.90. The highest BCUT2D eigenvalue weighted by molar-refractivity contribution is 5.77. The SMILES string of the molecule is COc1ccc(-c2c(N)n[nH]c2C2CC2)cc1. The van der Waals surface area contributed by atoms with Crippen molar-refractivity contribution < 1.29 is 4.74 Å². The third-order valence-corrected chi connectivity index (χ3v) is 3.19. The third kappa shape index (κ3) is 1.75. The molecule has 1 aromatic carbocycles. The molecule has 3 N–H and O–H groups in total. The molecule has 1 fully saturated rings. The lowest BCUT2D eigenvalue weighted by Gasteiger charge is -2.05. The fourth-order valence-electron chi connectivity index (χ4n) is 2.10. The second-order valence-electron chi connectivity index (χ2n) is 4.40.